The summed E-state index contributed by atoms with van der Waals surface area (Å²) in [6, 6.07) is 5.84. The number of hydrogen-bond donors (Lipinski definition) is 2. The number of carbonyl (C=O) groups excluding carboxylic acids is 2. The topological polar surface area (TPSA) is 58.2 Å². The molecule has 0 bridgehead atoms. The van der Waals surface area contributed by atoms with Gasteiger partial charge in [0.05, 0.1) is 0 Å². The van der Waals surface area contributed by atoms with Crippen LogP contribution in [0, 0.1) is 25.7 Å². The molecule has 1 aromatic carbocycles. The van der Waals surface area contributed by atoms with Crippen LogP contribution >= 0.6 is 0 Å². The Morgan fingerprint density at radius 3 is 2.55 bits per heavy atom. The number of hydrogen-bond acceptors (Lipinski definition) is 2. The van der Waals surface area contributed by atoms with Gasteiger partial charge in [-0.05, 0) is 49.4 Å². The monoisotopic (exact) mass is 274 g/mol. The van der Waals surface area contributed by atoms with Crippen LogP contribution in [0.1, 0.15) is 30.9 Å². The number of aryl methyl sites for hydroxylation is 2. The van der Waals surface area contributed by atoms with E-state index in [0.29, 0.717) is 18.9 Å². The van der Waals surface area contributed by atoms with Gasteiger partial charge in [0.1, 0.15) is 0 Å². The van der Waals surface area contributed by atoms with Crippen molar-refractivity contribution in [2.75, 3.05) is 11.9 Å². The average Bonchev–Trinajstić information content (AvgIpc) is 3.11. The molecule has 2 atom stereocenters. The molecule has 108 valence electrons. The molecule has 2 amide bonds. The third-order valence-corrected chi connectivity index (χ3v) is 3.89. The second-order valence-corrected chi connectivity index (χ2v) is 5.71. The lowest BCUT2D eigenvalue weighted by Gasteiger charge is -2.08. The van der Waals surface area contributed by atoms with Crippen LogP contribution in [0.25, 0.3) is 0 Å². The molecule has 1 aromatic rings. The molecule has 2 unspecified atom stereocenters. The van der Waals surface area contributed by atoms with Gasteiger partial charge in [-0.1, -0.05) is 13.0 Å². The molecule has 4 nitrogen and oxygen atoms in total. The first-order valence-corrected chi connectivity index (χ1v) is 7.12. The van der Waals surface area contributed by atoms with E-state index in [4.69, 9.17) is 0 Å². The maximum atomic E-state index is 11.8. The van der Waals surface area contributed by atoms with Gasteiger partial charge in [-0.3, -0.25) is 9.59 Å². The van der Waals surface area contributed by atoms with Gasteiger partial charge in [-0.2, -0.15) is 0 Å². The van der Waals surface area contributed by atoms with Crippen LogP contribution in [-0.2, 0) is 9.59 Å². The van der Waals surface area contributed by atoms with Gasteiger partial charge in [0.25, 0.3) is 0 Å². The van der Waals surface area contributed by atoms with Crippen molar-refractivity contribution < 1.29 is 9.59 Å². The van der Waals surface area contributed by atoms with Crippen molar-refractivity contribution in [1.82, 2.24) is 5.32 Å². The Bertz CT molecular complexity index is 525. The number of benzene rings is 1. The normalized spacial score (nSPS) is 20.4. The summed E-state index contributed by atoms with van der Waals surface area (Å²) in [5.41, 5.74) is 3.16. The molecular formula is C16H22N2O2. The van der Waals surface area contributed by atoms with Crippen LogP contribution in [0.15, 0.2) is 18.2 Å². The predicted molar refractivity (Wildman–Crippen MR) is 79.4 cm³/mol. The quantitative estimate of drug-likeness (QED) is 0.866. The van der Waals surface area contributed by atoms with Crippen LogP contribution < -0.4 is 10.6 Å². The summed E-state index contributed by atoms with van der Waals surface area (Å²) in [6.45, 7) is 6.52. The lowest BCUT2D eigenvalue weighted by Crippen LogP contribution is -2.29. The van der Waals surface area contributed by atoms with Crippen molar-refractivity contribution in [1.29, 1.82) is 0 Å². The summed E-state index contributed by atoms with van der Waals surface area (Å²) in [7, 11) is 0. The van der Waals surface area contributed by atoms with Gasteiger partial charge in [0.2, 0.25) is 11.8 Å². The van der Waals surface area contributed by atoms with E-state index in [0.717, 1.165) is 17.7 Å². The number of carbonyl (C=O) groups is 2. The molecule has 1 aliphatic carbocycles. The zero-order chi connectivity index (χ0) is 14.7. The summed E-state index contributed by atoms with van der Waals surface area (Å²) < 4.78 is 0. The highest BCUT2D eigenvalue weighted by Crippen LogP contribution is 2.37. The largest absolute Gasteiger partial charge is 0.355 e. The van der Waals surface area contributed by atoms with Crippen molar-refractivity contribution >= 4 is 17.5 Å². The number of anilines is 1. The zero-order valence-electron chi connectivity index (χ0n) is 12.3. The van der Waals surface area contributed by atoms with E-state index in [1.54, 1.807) is 0 Å². The van der Waals surface area contributed by atoms with Crippen LogP contribution in [0.2, 0.25) is 0 Å². The smallest absolute Gasteiger partial charge is 0.226 e. The highest BCUT2D eigenvalue weighted by atomic mass is 16.2. The van der Waals surface area contributed by atoms with Gasteiger partial charge in [-0.25, -0.2) is 0 Å². The minimum absolute atomic E-state index is 0.0719. The summed E-state index contributed by atoms with van der Waals surface area (Å²) in [5, 5.41) is 5.66. The third-order valence-electron chi connectivity index (χ3n) is 3.89. The molecule has 0 spiro atoms. The highest BCUT2D eigenvalue weighted by Gasteiger charge is 2.38. The first-order valence-electron chi connectivity index (χ1n) is 7.12. The molecule has 0 saturated heterocycles. The third kappa shape index (κ3) is 3.83. The lowest BCUT2D eigenvalue weighted by molar-refractivity contribution is -0.122. The molecule has 2 rings (SSSR count). The first kappa shape index (κ1) is 14.6. The molecule has 4 heteroatoms. The SMILES string of the molecule is Cc1ccc(NC(=O)CCNC(=O)C2CC2C)cc1C. The van der Waals surface area contributed by atoms with Crippen LogP contribution in [0.3, 0.4) is 0 Å². The van der Waals surface area contributed by atoms with Crippen LogP contribution in [0.4, 0.5) is 5.69 Å². The average molecular weight is 274 g/mol. The van der Waals surface area contributed by atoms with Gasteiger partial charge >= 0.3 is 0 Å². The second kappa shape index (κ2) is 6.07. The van der Waals surface area contributed by atoms with Crippen molar-refractivity contribution in [3.8, 4) is 0 Å². The molecule has 0 radical (unpaired) electrons. The van der Waals surface area contributed by atoms with E-state index in [1.807, 2.05) is 32.0 Å². The predicted octanol–water partition coefficient (Wildman–Crippen LogP) is 2.40. The van der Waals surface area contributed by atoms with Crippen molar-refractivity contribution in [3.63, 3.8) is 0 Å². The number of nitrogens with one attached hydrogen (secondary N) is 2. The maximum absolute atomic E-state index is 11.8. The maximum Gasteiger partial charge on any atom is 0.226 e. The molecule has 1 saturated carbocycles. The van der Waals surface area contributed by atoms with Gasteiger partial charge < -0.3 is 10.6 Å². The van der Waals surface area contributed by atoms with E-state index in [2.05, 4.69) is 17.6 Å². The van der Waals surface area contributed by atoms with Crippen LogP contribution in [0.5, 0.6) is 0 Å². The standard InChI is InChI=1S/C16H22N2O2/c1-10-4-5-13(8-11(10)2)18-15(19)6-7-17-16(20)14-9-12(14)3/h4-5,8,12,14H,6-7,9H2,1-3H3,(H,17,20)(H,18,19). The molecule has 1 fully saturated rings. The molecule has 0 heterocycles. The lowest BCUT2D eigenvalue weighted by atomic mass is 10.1. The molecule has 1 aliphatic rings. The van der Waals surface area contributed by atoms with Crippen molar-refractivity contribution in [2.45, 2.75) is 33.6 Å². The van der Waals surface area contributed by atoms with Crippen molar-refractivity contribution in [2.24, 2.45) is 11.8 Å². The summed E-state index contributed by atoms with van der Waals surface area (Å²) in [4.78, 5) is 23.4. The summed E-state index contributed by atoms with van der Waals surface area (Å²) >= 11 is 0. The van der Waals surface area contributed by atoms with Gasteiger partial charge in [0, 0.05) is 24.6 Å². The van der Waals surface area contributed by atoms with Gasteiger partial charge in [-0.15, -0.1) is 0 Å². The molecular weight excluding hydrogens is 252 g/mol. The fourth-order valence-corrected chi connectivity index (χ4v) is 2.16. The molecule has 2 N–H and O–H groups in total. The van der Waals surface area contributed by atoms with E-state index in [9.17, 15) is 9.59 Å². The Morgan fingerprint density at radius 1 is 1.25 bits per heavy atom. The Balaban J connectivity index is 1.72. The molecule has 0 aromatic heterocycles. The van der Waals surface area contributed by atoms with E-state index >= 15 is 0 Å². The minimum Gasteiger partial charge on any atom is -0.355 e. The fourth-order valence-electron chi connectivity index (χ4n) is 2.16. The number of amides is 2. The Morgan fingerprint density at radius 2 is 1.95 bits per heavy atom. The first-order chi connectivity index (χ1) is 9.47. The van der Waals surface area contributed by atoms with Gasteiger partial charge in [0.15, 0.2) is 0 Å². The molecule has 0 aliphatic heterocycles. The van der Waals surface area contributed by atoms with E-state index in [-0.39, 0.29) is 17.7 Å². The Hall–Kier alpha value is -1.84. The van der Waals surface area contributed by atoms with Crippen molar-refractivity contribution in [3.05, 3.63) is 29.3 Å². The minimum atomic E-state index is -0.0719. The summed E-state index contributed by atoms with van der Waals surface area (Å²) in [6.07, 6.45) is 1.28. The summed E-state index contributed by atoms with van der Waals surface area (Å²) in [5.74, 6) is 0.672. The number of rotatable bonds is 5. The Kier molecular flexibility index (Phi) is 4.42. The Labute approximate surface area is 119 Å². The van der Waals surface area contributed by atoms with Crippen LogP contribution in [-0.4, -0.2) is 18.4 Å². The zero-order valence-corrected chi connectivity index (χ0v) is 12.3. The van der Waals surface area contributed by atoms with E-state index in [1.165, 1.54) is 5.56 Å². The second-order valence-electron chi connectivity index (χ2n) is 5.71. The highest BCUT2D eigenvalue weighted by molar-refractivity contribution is 5.91. The van der Waals surface area contributed by atoms with E-state index < -0.39 is 0 Å². The fraction of sp³-hybridized carbons (Fsp3) is 0.500. The molecule has 20 heavy (non-hydrogen) atoms.